The summed E-state index contributed by atoms with van der Waals surface area (Å²) in [6.07, 6.45) is 0.737. The molecule has 136 valence electrons. The summed E-state index contributed by atoms with van der Waals surface area (Å²) in [5.74, 6) is 1.19. The lowest BCUT2D eigenvalue weighted by Crippen LogP contribution is -2.34. The standard InChI is InChI=1S/C19H25FN2O3/c1-13(2)17(21)10-11-22(3)19(23)18-9-8-16(25-18)12-24-15-6-4-14(20)5-7-15/h4-9,13,17H,10-12,21H2,1-3H3. The molecule has 0 saturated carbocycles. The molecule has 6 heteroatoms. The first-order chi connectivity index (χ1) is 11.9. The van der Waals surface area contributed by atoms with Gasteiger partial charge >= 0.3 is 0 Å². The maximum absolute atomic E-state index is 12.9. The molecule has 0 saturated heterocycles. The Bertz CT molecular complexity index is 682. The van der Waals surface area contributed by atoms with Gasteiger partial charge < -0.3 is 19.8 Å². The number of carbonyl (C=O) groups is 1. The van der Waals surface area contributed by atoms with Crippen LogP contribution in [0, 0.1) is 11.7 Å². The molecule has 2 N–H and O–H groups in total. The molecule has 0 fully saturated rings. The molecule has 2 rings (SSSR count). The number of benzene rings is 1. The number of rotatable bonds is 8. The van der Waals surface area contributed by atoms with Crippen LogP contribution in [0.25, 0.3) is 0 Å². The zero-order valence-corrected chi connectivity index (χ0v) is 14.9. The topological polar surface area (TPSA) is 68.7 Å². The van der Waals surface area contributed by atoms with Gasteiger partial charge in [0.25, 0.3) is 5.91 Å². The fourth-order valence-electron chi connectivity index (χ4n) is 2.22. The van der Waals surface area contributed by atoms with E-state index in [1.165, 1.54) is 24.3 Å². The minimum Gasteiger partial charge on any atom is -0.486 e. The molecule has 0 aliphatic rings. The normalized spacial score (nSPS) is 12.2. The molecule has 1 heterocycles. The molecule has 1 unspecified atom stereocenters. The Morgan fingerprint density at radius 1 is 1.24 bits per heavy atom. The van der Waals surface area contributed by atoms with Gasteiger partial charge in [-0.15, -0.1) is 0 Å². The number of ether oxygens (including phenoxy) is 1. The van der Waals surface area contributed by atoms with Crippen LogP contribution in [-0.2, 0) is 6.61 Å². The Morgan fingerprint density at radius 3 is 2.56 bits per heavy atom. The quantitative estimate of drug-likeness (QED) is 0.793. The van der Waals surface area contributed by atoms with Gasteiger partial charge in [0.2, 0.25) is 0 Å². The third-order valence-electron chi connectivity index (χ3n) is 4.07. The summed E-state index contributed by atoms with van der Waals surface area (Å²) >= 11 is 0. The van der Waals surface area contributed by atoms with Crippen molar-refractivity contribution >= 4 is 5.91 Å². The summed E-state index contributed by atoms with van der Waals surface area (Å²) in [5, 5.41) is 0. The SMILES string of the molecule is CC(C)C(N)CCN(C)C(=O)c1ccc(COc2ccc(F)cc2)o1. The molecule has 0 radical (unpaired) electrons. The van der Waals surface area contributed by atoms with Crippen LogP contribution in [0.1, 0.15) is 36.6 Å². The van der Waals surface area contributed by atoms with Crippen LogP contribution in [0.5, 0.6) is 5.75 Å². The number of nitrogens with zero attached hydrogens (tertiary/aromatic N) is 1. The molecule has 1 atom stereocenters. The van der Waals surface area contributed by atoms with E-state index >= 15 is 0 Å². The molecule has 5 nitrogen and oxygen atoms in total. The predicted octanol–water partition coefficient (Wildman–Crippen LogP) is 3.44. The van der Waals surface area contributed by atoms with Gasteiger partial charge in [0.05, 0.1) is 0 Å². The van der Waals surface area contributed by atoms with Gasteiger partial charge in [-0.1, -0.05) is 13.8 Å². The van der Waals surface area contributed by atoms with Crippen LogP contribution in [0.4, 0.5) is 4.39 Å². The summed E-state index contributed by atoms with van der Waals surface area (Å²) in [4.78, 5) is 14.0. The predicted molar refractivity (Wildman–Crippen MR) is 93.8 cm³/mol. The number of furan rings is 1. The van der Waals surface area contributed by atoms with Crippen molar-refractivity contribution in [3.05, 3.63) is 53.7 Å². The fourth-order valence-corrected chi connectivity index (χ4v) is 2.22. The molecule has 25 heavy (non-hydrogen) atoms. The average Bonchev–Trinajstić information content (AvgIpc) is 3.07. The lowest BCUT2D eigenvalue weighted by Gasteiger charge is -2.20. The maximum Gasteiger partial charge on any atom is 0.289 e. The Kier molecular flexibility index (Phi) is 6.58. The summed E-state index contributed by atoms with van der Waals surface area (Å²) in [7, 11) is 1.73. The maximum atomic E-state index is 12.9. The van der Waals surface area contributed by atoms with Crippen molar-refractivity contribution in [2.24, 2.45) is 11.7 Å². The van der Waals surface area contributed by atoms with E-state index in [4.69, 9.17) is 14.9 Å². The Labute approximate surface area is 147 Å². The Hall–Kier alpha value is -2.34. The van der Waals surface area contributed by atoms with E-state index in [-0.39, 0.29) is 30.1 Å². The van der Waals surface area contributed by atoms with Crippen molar-refractivity contribution in [3.8, 4) is 5.75 Å². The molecule has 2 aromatic rings. The first kappa shape index (κ1) is 19.0. The van der Waals surface area contributed by atoms with Gasteiger partial charge in [-0.25, -0.2) is 4.39 Å². The molecular formula is C19H25FN2O3. The number of nitrogens with two attached hydrogens (primary N) is 1. The van der Waals surface area contributed by atoms with Crippen LogP contribution in [0.15, 0.2) is 40.8 Å². The van der Waals surface area contributed by atoms with Crippen molar-refractivity contribution in [2.45, 2.75) is 32.9 Å². The van der Waals surface area contributed by atoms with Crippen molar-refractivity contribution in [3.63, 3.8) is 0 Å². The fraction of sp³-hybridized carbons (Fsp3) is 0.421. The van der Waals surface area contributed by atoms with Crippen LogP contribution < -0.4 is 10.5 Å². The van der Waals surface area contributed by atoms with Crippen molar-refractivity contribution in [1.29, 1.82) is 0 Å². The second-order valence-electron chi connectivity index (χ2n) is 6.43. The third kappa shape index (κ3) is 5.60. The Balaban J connectivity index is 1.86. The lowest BCUT2D eigenvalue weighted by atomic mass is 10.0. The van der Waals surface area contributed by atoms with Gasteiger partial charge in [0.15, 0.2) is 5.76 Å². The van der Waals surface area contributed by atoms with E-state index in [2.05, 4.69) is 13.8 Å². The molecule has 0 spiro atoms. The highest BCUT2D eigenvalue weighted by Crippen LogP contribution is 2.16. The summed E-state index contributed by atoms with van der Waals surface area (Å²) in [6, 6.07) is 9.11. The van der Waals surface area contributed by atoms with Crippen LogP contribution in [0.2, 0.25) is 0 Å². The first-order valence-corrected chi connectivity index (χ1v) is 8.35. The zero-order valence-electron chi connectivity index (χ0n) is 14.9. The second-order valence-corrected chi connectivity index (χ2v) is 6.43. The second kappa shape index (κ2) is 8.67. The number of amides is 1. The molecule has 1 amide bonds. The van der Waals surface area contributed by atoms with E-state index in [0.29, 0.717) is 24.0 Å². The van der Waals surface area contributed by atoms with Crippen LogP contribution in [0.3, 0.4) is 0 Å². The van der Waals surface area contributed by atoms with Gasteiger partial charge in [0, 0.05) is 19.6 Å². The monoisotopic (exact) mass is 348 g/mol. The van der Waals surface area contributed by atoms with E-state index in [1.807, 2.05) is 0 Å². The van der Waals surface area contributed by atoms with E-state index in [0.717, 1.165) is 6.42 Å². The Morgan fingerprint density at radius 2 is 1.92 bits per heavy atom. The lowest BCUT2D eigenvalue weighted by molar-refractivity contribution is 0.0753. The summed E-state index contributed by atoms with van der Waals surface area (Å²) in [5.41, 5.74) is 6.01. The van der Waals surface area contributed by atoms with Crippen LogP contribution in [-0.4, -0.2) is 30.4 Å². The molecule has 0 aliphatic heterocycles. The minimum atomic E-state index is -0.321. The number of hydrogen-bond donors (Lipinski definition) is 1. The van der Waals surface area contributed by atoms with Gasteiger partial charge in [-0.05, 0) is 48.7 Å². The summed E-state index contributed by atoms with van der Waals surface area (Å²) < 4.78 is 23.9. The number of halogens is 1. The van der Waals surface area contributed by atoms with Gasteiger partial charge in [-0.3, -0.25) is 4.79 Å². The molecule has 1 aromatic heterocycles. The van der Waals surface area contributed by atoms with Crippen molar-refractivity contribution in [2.75, 3.05) is 13.6 Å². The highest BCUT2D eigenvalue weighted by Gasteiger charge is 2.17. The number of hydrogen-bond acceptors (Lipinski definition) is 4. The molecule has 1 aromatic carbocycles. The highest BCUT2D eigenvalue weighted by molar-refractivity contribution is 5.91. The molecular weight excluding hydrogens is 323 g/mol. The highest BCUT2D eigenvalue weighted by atomic mass is 19.1. The summed E-state index contributed by atoms with van der Waals surface area (Å²) in [6.45, 7) is 4.86. The average molecular weight is 348 g/mol. The minimum absolute atomic E-state index is 0.0616. The van der Waals surface area contributed by atoms with Gasteiger partial charge in [-0.2, -0.15) is 0 Å². The van der Waals surface area contributed by atoms with E-state index in [9.17, 15) is 9.18 Å². The zero-order chi connectivity index (χ0) is 18.4. The number of carbonyl (C=O) groups excluding carboxylic acids is 1. The largest absolute Gasteiger partial charge is 0.486 e. The first-order valence-electron chi connectivity index (χ1n) is 8.35. The van der Waals surface area contributed by atoms with Crippen LogP contribution >= 0.6 is 0 Å². The van der Waals surface area contributed by atoms with Gasteiger partial charge in [0.1, 0.15) is 23.9 Å². The van der Waals surface area contributed by atoms with Crippen molar-refractivity contribution < 1.29 is 18.3 Å². The van der Waals surface area contributed by atoms with E-state index < -0.39 is 0 Å². The van der Waals surface area contributed by atoms with E-state index in [1.54, 1.807) is 24.1 Å². The van der Waals surface area contributed by atoms with Crippen molar-refractivity contribution in [1.82, 2.24) is 4.90 Å². The molecule has 0 aliphatic carbocycles. The third-order valence-corrected chi connectivity index (χ3v) is 4.07. The molecule has 0 bridgehead atoms. The smallest absolute Gasteiger partial charge is 0.289 e.